The molecular formula is C20H26FN3O. The van der Waals surface area contributed by atoms with Crippen LogP contribution in [-0.4, -0.2) is 43.5 Å². The van der Waals surface area contributed by atoms with Crippen molar-refractivity contribution in [2.75, 3.05) is 32.7 Å². The maximum Gasteiger partial charge on any atom is 0.234 e. The van der Waals surface area contributed by atoms with E-state index in [2.05, 4.69) is 22.3 Å². The highest BCUT2D eigenvalue weighted by molar-refractivity contribution is 5.78. The van der Waals surface area contributed by atoms with Crippen molar-refractivity contribution >= 4 is 5.91 Å². The van der Waals surface area contributed by atoms with E-state index in [1.807, 2.05) is 18.2 Å². The SMILES string of the molecule is NCCN(CCc1ccccc1)CC(=O)NCCc1ccc(F)cc1. The van der Waals surface area contributed by atoms with Gasteiger partial charge >= 0.3 is 0 Å². The van der Waals surface area contributed by atoms with Gasteiger partial charge in [0.25, 0.3) is 0 Å². The van der Waals surface area contributed by atoms with E-state index >= 15 is 0 Å². The second-order valence-corrected chi connectivity index (χ2v) is 6.03. The van der Waals surface area contributed by atoms with Crippen LogP contribution in [0.4, 0.5) is 4.39 Å². The van der Waals surface area contributed by atoms with E-state index in [9.17, 15) is 9.18 Å². The molecule has 0 atom stereocenters. The maximum absolute atomic E-state index is 12.9. The van der Waals surface area contributed by atoms with E-state index < -0.39 is 0 Å². The first kappa shape index (κ1) is 19.1. The van der Waals surface area contributed by atoms with Gasteiger partial charge in [0.2, 0.25) is 5.91 Å². The molecule has 0 aliphatic carbocycles. The Hall–Kier alpha value is -2.24. The quantitative estimate of drug-likeness (QED) is 0.694. The van der Waals surface area contributed by atoms with E-state index in [-0.39, 0.29) is 11.7 Å². The fourth-order valence-electron chi connectivity index (χ4n) is 2.64. The van der Waals surface area contributed by atoms with Crippen molar-refractivity contribution in [3.05, 3.63) is 71.5 Å². The number of rotatable bonds is 10. The summed E-state index contributed by atoms with van der Waals surface area (Å²) in [5.74, 6) is -0.257. The second-order valence-electron chi connectivity index (χ2n) is 6.03. The molecule has 25 heavy (non-hydrogen) atoms. The highest BCUT2D eigenvalue weighted by Crippen LogP contribution is 2.03. The number of carbonyl (C=O) groups excluding carboxylic acids is 1. The van der Waals surface area contributed by atoms with Crippen LogP contribution < -0.4 is 11.1 Å². The minimum Gasteiger partial charge on any atom is -0.355 e. The van der Waals surface area contributed by atoms with Gasteiger partial charge in [-0.05, 0) is 36.1 Å². The van der Waals surface area contributed by atoms with Crippen LogP contribution in [0, 0.1) is 5.82 Å². The largest absolute Gasteiger partial charge is 0.355 e. The number of amides is 1. The summed E-state index contributed by atoms with van der Waals surface area (Å²) in [4.78, 5) is 14.2. The lowest BCUT2D eigenvalue weighted by Crippen LogP contribution is -2.41. The van der Waals surface area contributed by atoms with Gasteiger partial charge in [-0.2, -0.15) is 0 Å². The van der Waals surface area contributed by atoms with Crippen LogP contribution in [0.25, 0.3) is 0 Å². The molecule has 0 saturated heterocycles. The molecule has 0 spiro atoms. The number of benzene rings is 2. The number of carbonyl (C=O) groups is 1. The van der Waals surface area contributed by atoms with Crippen molar-refractivity contribution in [2.24, 2.45) is 5.73 Å². The van der Waals surface area contributed by atoms with Crippen LogP contribution in [0.15, 0.2) is 54.6 Å². The molecule has 0 heterocycles. The van der Waals surface area contributed by atoms with Crippen LogP contribution in [0.1, 0.15) is 11.1 Å². The summed E-state index contributed by atoms with van der Waals surface area (Å²) in [5, 5.41) is 2.92. The van der Waals surface area contributed by atoms with Gasteiger partial charge in [0, 0.05) is 26.2 Å². The number of nitrogens with zero attached hydrogens (tertiary/aromatic N) is 1. The summed E-state index contributed by atoms with van der Waals surface area (Å²) in [6.07, 6.45) is 1.58. The molecule has 0 unspecified atom stereocenters. The molecule has 2 aromatic carbocycles. The van der Waals surface area contributed by atoms with Gasteiger partial charge in [-0.1, -0.05) is 42.5 Å². The Kier molecular flexibility index (Phi) is 8.09. The molecule has 0 aliphatic heterocycles. The third-order valence-electron chi connectivity index (χ3n) is 4.02. The molecule has 0 saturated carbocycles. The summed E-state index contributed by atoms with van der Waals surface area (Å²) in [6.45, 7) is 2.90. The van der Waals surface area contributed by atoms with E-state index in [0.717, 1.165) is 18.5 Å². The zero-order valence-electron chi connectivity index (χ0n) is 14.5. The van der Waals surface area contributed by atoms with E-state index in [1.165, 1.54) is 17.7 Å². The van der Waals surface area contributed by atoms with Gasteiger partial charge in [-0.3, -0.25) is 9.69 Å². The van der Waals surface area contributed by atoms with Crippen molar-refractivity contribution in [3.8, 4) is 0 Å². The van der Waals surface area contributed by atoms with Gasteiger partial charge in [0.1, 0.15) is 5.82 Å². The second kappa shape index (κ2) is 10.6. The Morgan fingerprint density at radius 3 is 2.32 bits per heavy atom. The third-order valence-corrected chi connectivity index (χ3v) is 4.02. The summed E-state index contributed by atoms with van der Waals surface area (Å²) in [7, 11) is 0. The zero-order valence-corrected chi connectivity index (χ0v) is 14.5. The molecule has 4 nitrogen and oxygen atoms in total. The average molecular weight is 343 g/mol. The molecule has 2 aromatic rings. The summed E-state index contributed by atoms with van der Waals surface area (Å²) in [6, 6.07) is 16.6. The highest BCUT2D eigenvalue weighted by Gasteiger charge is 2.10. The normalized spacial score (nSPS) is 10.8. The smallest absolute Gasteiger partial charge is 0.234 e. The lowest BCUT2D eigenvalue weighted by Gasteiger charge is -2.21. The number of hydrogen-bond donors (Lipinski definition) is 2. The van der Waals surface area contributed by atoms with Gasteiger partial charge in [-0.15, -0.1) is 0 Å². The number of hydrogen-bond acceptors (Lipinski definition) is 3. The molecule has 0 bridgehead atoms. The molecule has 134 valence electrons. The molecular weight excluding hydrogens is 317 g/mol. The van der Waals surface area contributed by atoms with Crippen LogP contribution >= 0.6 is 0 Å². The fraction of sp³-hybridized carbons (Fsp3) is 0.350. The molecule has 0 radical (unpaired) electrons. The molecule has 5 heteroatoms. The van der Waals surface area contributed by atoms with Crippen LogP contribution in [-0.2, 0) is 17.6 Å². The summed E-state index contributed by atoms with van der Waals surface area (Å²) >= 11 is 0. The van der Waals surface area contributed by atoms with Crippen molar-refractivity contribution in [2.45, 2.75) is 12.8 Å². The molecule has 3 N–H and O–H groups in total. The molecule has 0 aromatic heterocycles. The van der Waals surface area contributed by atoms with Gasteiger partial charge in [-0.25, -0.2) is 4.39 Å². The Bertz CT molecular complexity index is 631. The first-order valence-electron chi connectivity index (χ1n) is 8.65. The van der Waals surface area contributed by atoms with Gasteiger partial charge in [0.15, 0.2) is 0 Å². The van der Waals surface area contributed by atoms with Gasteiger partial charge < -0.3 is 11.1 Å². The van der Waals surface area contributed by atoms with E-state index in [0.29, 0.717) is 32.6 Å². The number of halogens is 1. The first-order chi connectivity index (χ1) is 12.2. The average Bonchev–Trinajstić information content (AvgIpc) is 2.62. The Morgan fingerprint density at radius 2 is 1.64 bits per heavy atom. The molecule has 0 fully saturated rings. The lowest BCUT2D eigenvalue weighted by atomic mass is 10.1. The summed E-state index contributed by atoms with van der Waals surface area (Å²) in [5.41, 5.74) is 7.91. The standard InChI is InChI=1S/C20H26FN3O/c21-19-8-6-18(7-9-19)10-13-23-20(25)16-24(15-12-22)14-11-17-4-2-1-3-5-17/h1-9H,10-16,22H2,(H,23,25). The Balaban J connectivity index is 1.72. The topological polar surface area (TPSA) is 58.4 Å². The van der Waals surface area contributed by atoms with E-state index in [4.69, 9.17) is 5.73 Å². The minimum absolute atomic E-state index is 0.0105. The predicted octanol–water partition coefficient (Wildman–Crippen LogP) is 1.99. The third kappa shape index (κ3) is 7.45. The highest BCUT2D eigenvalue weighted by atomic mass is 19.1. The minimum atomic E-state index is -0.247. The van der Waals surface area contributed by atoms with Gasteiger partial charge in [0.05, 0.1) is 6.54 Å². The van der Waals surface area contributed by atoms with Crippen LogP contribution in [0.2, 0.25) is 0 Å². The van der Waals surface area contributed by atoms with Crippen molar-refractivity contribution in [3.63, 3.8) is 0 Å². The Morgan fingerprint density at radius 1 is 0.960 bits per heavy atom. The number of nitrogens with two attached hydrogens (primary N) is 1. The maximum atomic E-state index is 12.9. The van der Waals surface area contributed by atoms with Crippen LogP contribution in [0.3, 0.4) is 0 Å². The van der Waals surface area contributed by atoms with Crippen LogP contribution in [0.5, 0.6) is 0 Å². The lowest BCUT2D eigenvalue weighted by molar-refractivity contribution is -0.122. The van der Waals surface area contributed by atoms with Crippen molar-refractivity contribution in [1.82, 2.24) is 10.2 Å². The fourth-order valence-corrected chi connectivity index (χ4v) is 2.64. The summed E-state index contributed by atoms with van der Waals surface area (Å²) < 4.78 is 12.9. The Labute approximate surface area is 148 Å². The number of nitrogens with one attached hydrogen (secondary N) is 1. The predicted molar refractivity (Wildman–Crippen MR) is 98.8 cm³/mol. The molecule has 2 rings (SSSR count). The molecule has 1 amide bonds. The van der Waals surface area contributed by atoms with E-state index in [1.54, 1.807) is 12.1 Å². The molecule has 0 aliphatic rings. The zero-order chi connectivity index (χ0) is 17.9. The van der Waals surface area contributed by atoms with Crippen molar-refractivity contribution < 1.29 is 9.18 Å². The van der Waals surface area contributed by atoms with Crippen molar-refractivity contribution in [1.29, 1.82) is 0 Å². The first-order valence-corrected chi connectivity index (χ1v) is 8.65. The monoisotopic (exact) mass is 343 g/mol.